The lowest BCUT2D eigenvalue weighted by Crippen LogP contribution is -2.24. The van der Waals surface area contributed by atoms with E-state index in [1.807, 2.05) is 19.1 Å². The first-order chi connectivity index (χ1) is 7.16. The lowest BCUT2D eigenvalue weighted by Gasteiger charge is -2.06. The topological polar surface area (TPSA) is 29.1 Å². The van der Waals surface area contributed by atoms with Crippen molar-refractivity contribution in [2.75, 3.05) is 6.54 Å². The van der Waals surface area contributed by atoms with Gasteiger partial charge in [0.15, 0.2) is 0 Å². The van der Waals surface area contributed by atoms with Crippen molar-refractivity contribution >= 4 is 17.5 Å². The molecule has 0 saturated carbocycles. The van der Waals surface area contributed by atoms with Crippen molar-refractivity contribution in [1.29, 1.82) is 0 Å². The second-order valence-corrected chi connectivity index (χ2v) is 3.65. The van der Waals surface area contributed by atoms with Crippen LogP contribution < -0.4 is 5.32 Å². The summed E-state index contributed by atoms with van der Waals surface area (Å²) in [5, 5.41) is 3.30. The van der Waals surface area contributed by atoms with Crippen LogP contribution in [-0.2, 0) is 0 Å². The van der Waals surface area contributed by atoms with Gasteiger partial charge in [0.05, 0.1) is 10.6 Å². The minimum Gasteiger partial charge on any atom is -0.352 e. The van der Waals surface area contributed by atoms with Crippen LogP contribution >= 0.6 is 11.6 Å². The van der Waals surface area contributed by atoms with Gasteiger partial charge in [-0.15, -0.1) is 6.58 Å². The van der Waals surface area contributed by atoms with Crippen LogP contribution in [0, 0.1) is 6.92 Å². The number of carbonyl (C=O) groups is 1. The number of carbonyl (C=O) groups excluding carboxylic acids is 1. The summed E-state index contributed by atoms with van der Waals surface area (Å²) in [6, 6.07) is 5.42. The number of benzene rings is 1. The molecule has 0 saturated heterocycles. The first kappa shape index (κ1) is 11.8. The van der Waals surface area contributed by atoms with Crippen LogP contribution in [0.25, 0.3) is 0 Å². The number of hydrogen-bond donors (Lipinski definition) is 1. The number of nitrogens with one attached hydrogen (secondary N) is 1. The van der Waals surface area contributed by atoms with Crippen molar-refractivity contribution < 1.29 is 4.79 Å². The molecule has 1 amide bonds. The lowest BCUT2D eigenvalue weighted by atomic mass is 10.1. The number of rotatable bonds is 4. The Morgan fingerprint density at radius 1 is 1.60 bits per heavy atom. The zero-order valence-electron chi connectivity index (χ0n) is 8.72. The third kappa shape index (κ3) is 3.10. The summed E-state index contributed by atoms with van der Waals surface area (Å²) in [5.74, 6) is -0.134. The molecule has 0 radical (unpaired) electrons. The maximum Gasteiger partial charge on any atom is 0.252 e. The van der Waals surface area contributed by atoms with Gasteiger partial charge in [0.1, 0.15) is 0 Å². The van der Waals surface area contributed by atoms with Crippen LogP contribution in [0.5, 0.6) is 0 Å². The molecule has 15 heavy (non-hydrogen) atoms. The molecule has 0 aliphatic carbocycles. The van der Waals surface area contributed by atoms with Gasteiger partial charge in [-0.25, -0.2) is 0 Å². The number of halogens is 1. The Morgan fingerprint density at radius 3 is 3.00 bits per heavy atom. The quantitative estimate of drug-likeness (QED) is 0.617. The van der Waals surface area contributed by atoms with Crippen molar-refractivity contribution in [2.45, 2.75) is 13.3 Å². The minimum absolute atomic E-state index is 0.134. The molecule has 80 valence electrons. The van der Waals surface area contributed by atoms with E-state index in [0.29, 0.717) is 17.1 Å². The average molecular weight is 224 g/mol. The third-order valence-corrected chi connectivity index (χ3v) is 2.57. The van der Waals surface area contributed by atoms with E-state index in [2.05, 4.69) is 11.9 Å². The number of hydrogen-bond acceptors (Lipinski definition) is 1. The Kier molecular flexibility index (Phi) is 4.37. The van der Waals surface area contributed by atoms with Crippen LogP contribution in [0.1, 0.15) is 22.3 Å². The molecule has 3 heteroatoms. The minimum atomic E-state index is -0.134. The van der Waals surface area contributed by atoms with E-state index in [9.17, 15) is 4.79 Å². The molecule has 1 N–H and O–H groups in total. The highest BCUT2D eigenvalue weighted by atomic mass is 35.5. The summed E-state index contributed by atoms with van der Waals surface area (Å²) in [5.41, 5.74) is 1.44. The predicted molar refractivity (Wildman–Crippen MR) is 63.3 cm³/mol. The summed E-state index contributed by atoms with van der Waals surface area (Å²) in [7, 11) is 0. The molecule has 0 atom stereocenters. The van der Waals surface area contributed by atoms with Crippen LogP contribution in [0.2, 0.25) is 5.02 Å². The molecular formula is C12H14ClNO. The Labute approximate surface area is 94.9 Å². The molecule has 0 aliphatic heterocycles. The van der Waals surface area contributed by atoms with E-state index in [4.69, 9.17) is 11.6 Å². The van der Waals surface area contributed by atoms with Crippen molar-refractivity contribution in [3.05, 3.63) is 47.0 Å². The second-order valence-electron chi connectivity index (χ2n) is 3.27. The van der Waals surface area contributed by atoms with Gasteiger partial charge in [-0.3, -0.25) is 4.79 Å². The van der Waals surface area contributed by atoms with E-state index in [1.54, 1.807) is 12.1 Å². The average Bonchev–Trinajstić information content (AvgIpc) is 2.22. The number of amides is 1. The van der Waals surface area contributed by atoms with E-state index in [0.717, 1.165) is 12.0 Å². The molecule has 0 spiro atoms. The van der Waals surface area contributed by atoms with Crippen LogP contribution in [0.3, 0.4) is 0 Å². The van der Waals surface area contributed by atoms with Crippen molar-refractivity contribution in [2.24, 2.45) is 0 Å². The maximum atomic E-state index is 11.7. The first-order valence-corrected chi connectivity index (χ1v) is 5.19. The third-order valence-electron chi connectivity index (χ3n) is 2.07. The Hall–Kier alpha value is -1.28. The summed E-state index contributed by atoms with van der Waals surface area (Å²) in [6.07, 6.45) is 2.52. The predicted octanol–water partition coefficient (Wildman–Crippen LogP) is 2.95. The van der Waals surface area contributed by atoms with Gasteiger partial charge >= 0.3 is 0 Å². The highest BCUT2D eigenvalue weighted by molar-refractivity contribution is 6.34. The molecular weight excluding hydrogens is 210 g/mol. The molecule has 0 bridgehead atoms. The molecule has 0 aliphatic rings. The fourth-order valence-electron chi connectivity index (χ4n) is 1.21. The standard InChI is InChI=1S/C12H14ClNO/c1-3-4-8-14-12(15)10-7-5-6-9(2)11(10)13/h3,5-7H,1,4,8H2,2H3,(H,14,15). The van der Waals surface area contributed by atoms with E-state index >= 15 is 0 Å². The maximum absolute atomic E-state index is 11.7. The molecule has 0 fully saturated rings. The monoisotopic (exact) mass is 223 g/mol. The van der Waals surface area contributed by atoms with Gasteiger partial charge in [0.2, 0.25) is 0 Å². The van der Waals surface area contributed by atoms with Gasteiger partial charge in [-0.05, 0) is 25.0 Å². The van der Waals surface area contributed by atoms with Crippen LogP contribution in [-0.4, -0.2) is 12.5 Å². The van der Waals surface area contributed by atoms with Gasteiger partial charge < -0.3 is 5.32 Å². The molecule has 2 nitrogen and oxygen atoms in total. The van der Waals surface area contributed by atoms with E-state index in [1.165, 1.54) is 0 Å². The van der Waals surface area contributed by atoms with Crippen LogP contribution in [0.15, 0.2) is 30.9 Å². The summed E-state index contributed by atoms with van der Waals surface area (Å²) in [4.78, 5) is 11.7. The lowest BCUT2D eigenvalue weighted by molar-refractivity contribution is 0.0954. The Morgan fingerprint density at radius 2 is 2.33 bits per heavy atom. The molecule has 1 rings (SSSR count). The van der Waals surface area contributed by atoms with Crippen molar-refractivity contribution in [1.82, 2.24) is 5.32 Å². The zero-order chi connectivity index (χ0) is 11.3. The highest BCUT2D eigenvalue weighted by Gasteiger charge is 2.10. The smallest absolute Gasteiger partial charge is 0.252 e. The van der Waals surface area contributed by atoms with Crippen LogP contribution in [0.4, 0.5) is 0 Å². The summed E-state index contributed by atoms with van der Waals surface area (Å²) in [6.45, 7) is 6.05. The summed E-state index contributed by atoms with van der Waals surface area (Å²) >= 11 is 6.02. The Balaban J connectivity index is 2.73. The highest BCUT2D eigenvalue weighted by Crippen LogP contribution is 2.19. The van der Waals surface area contributed by atoms with Gasteiger partial charge in [-0.1, -0.05) is 29.8 Å². The van der Waals surface area contributed by atoms with Gasteiger partial charge in [-0.2, -0.15) is 0 Å². The molecule has 0 aromatic heterocycles. The zero-order valence-corrected chi connectivity index (χ0v) is 9.47. The van der Waals surface area contributed by atoms with Crippen molar-refractivity contribution in [3.63, 3.8) is 0 Å². The van der Waals surface area contributed by atoms with Crippen molar-refractivity contribution in [3.8, 4) is 0 Å². The molecule has 0 unspecified atom stereocenters. The van der Waals surface area contributed by atoms with E-state index < -0.39 is 0 Å². The summed E-state index contributed by atoms with van der Waals surface area (Å²) < 4.78 is 0. The number of aryl methyl sites for hydroxylation is 1. The molecule has 0 heterocycles. The van der Waals surface area contributed by atoms with Gasteiger partial charge in [0.25, 0.3) is 5.91 Å². The fraction of sp³-hybridized carbons (Fsp3) is 0.250. The van der Waals surface area contributed by atoms with Gasteiger partial charge in [0, 0.05) is 6.54 Å². The molecule has 1 aromatic carbocycles. The second kappa shape index (κ2) is 5.56. The molecule has 1 aromatic rings. The normalized spacial score (nSPS) is 9.73. The SMILES string of the molecule is C=CCCNC(=O)c1cccc(C)c1Cl. The largest absolute Gasteiger partial charge is 0.352 e. The Bertz CT molecular complexity index is 374. The fourth-order valence-corrected chi connectivity index (χ4v) is 1.42. The van der Waals surface area contributed by atoms with E-state index in [-0.39, 0.29) is 5.91 Å². The first-order valence-electron chi connectivity index (χ1n) is 4.81.